The molecule has 0 saturated heterocycles. The number of hydrogen-bond donors (Lipinski definition) is 0. The fourth-order valence-corrected chi connectivity index (χ4v) is 1.17. The molecule has 0 amide bonds. The van der Waals surface area contributed by atoms with Gasteiger partial charge in [0.05, 0.1) is 0 Å². The second kappa shape index (κ2) is 3.30. The summed E-state index contributed by atoms with van der Waals surface area (Å²) in [6.07, 6.45) is 6.96. The Hall–Kier alpha value is -0.920. The Kier molecular flexibility index (Phi) is 2.37. The van der Waals surface area contributed by atoms with Crippen molar-refractivity contribution in [2.24, 2.45) is 5.92 Å². The molecular formula is C8H10O2. The zero-order valence-corrected chi connectivity index (χ0v) is 5.75. The summed E-state index contributed by atoms with van der Waals surface area (Å²) in [6, 6.07) is 0. The number of aldehydes is 1. The number of carbonyl (C=O) groups excluding carboxylic acids is 2. The molecule has 0 heterocycles. The first-order valence-electron chi connectivity index (χ1n) is 3.47. The predicted octanol–water partition coefficient (Wildman–Crippen LogP) is 1.11. The predicted molar refractivity (Wildman–Crippen MR) is 37.6 cm³/mol. The van der Waals surface area contributed by atoms with Gasteiger partial charge in [-0.25, -0.2) is 0 Å². The Morgan fingerprint density at radius 3 is 3.00 bits per heavy atom. The Bertz CT molecular complexity index is 170. The summed E-state index contributed by atoms with van der Waals surface area (Å²) in [5, 5.41) is 0. The first-order valence-corrected chi connectivity index (χ1v) is 3.47. The first kappa shape index (κ1) is 7.19. The van der Waals surface area contributed by atoms with Gasteiger partial charge in [0.2, 0.25) is 0 Å². The molecule has 0 spiro atoms. The van der Waals surface area contributed by atoms with Gasteiger partial charge < -0.3 is 0 Å². The quantitative estimate of drug-likeness (QED) is 0.332. The summed E-state index contributed by atoms with van der Waals surface area (Å²) in [4.78, 5) is 20.5. The monoisotopic (exact) mass is 138 g/mol. The molecule has 2 heteroatoms. The van der Waals surface area contributed by atoms with Gasteiger partial charge in [-0.15, -0.1) is 0 Å². The third-order valence-electron chi connectivity index (χ3n) is 1.71. The molecular weight excluding hydrogens is 128 g/mol. The van der Waals surface area contributed by atoms with Gasteiger partial charge in [-0.3, -0.25) is 9.59 Å². The largest absolute Gasteiger partial charge is 0.295 e. The van der Waals surface area contributed by atoms with Crippen LogP contribution in [0.25, 0.3) is 0 Å². The van der Waals surface area contributed by atoms with Crippen LogP contribution in [0.2, 0.25) is 0 Å². The van der Waals surface area contributed by atoms with Gasteiger partial charge in [-0.05, 0) is 18.8 Å². The molecule has 10 heavy (non-hydrogen) atoms. The third-order valence-corrected chi connectivity index (χ3v) is 1.71. The van der Waals surface area contributed by atoms with Crippen LogP contribution in [0.5, 0.6) is 0 Å². The van der Waals surface area contributed by atoms with Crippen molar-refractivity contribution in [1.82, 2.24) is 0 Å². The summed E-state index contributed by atoms with van der Waals surface area (Å²) in [6.45, 7) is 0. The molecule has 0 N–H and O–H groups in total. The molecule has 0 aromatic carbocycles. The van der Waals surface area contributed by atoms with E-state index in [1.165, 1.54) is 0 Å². The lowest BCUT2D eigenvalue weighted by Gasteiger charge is -2.00. The third kappa shape index (κ3) is 1.79. The van der Waals surface area contributed by atoms with E-state index >= 15 is 0 Å². The second-order valence-electron chi connectivity index (χ2n) is 2.55. The Balaban J connectivity index is 2.31. The van der Waals surface area contributed by atoms with Crippen molar-refractivity contribution in [3.05, 3.63) is 12.2 Å². The van der Waals surface area contributed by atoms with Crippen LogP contribution in [0.15, 0.2) is 12.2 Å². The van der Waals surface area contributed by atoms with Crippen molar-refractivity contribution < 1.29 is 9.59 Å². The molecule has 0 bridgehead atoms. The summed E-state index contributed by atoms with van der Waals surface area (Å²) in [5.41, 5.74) is 0. The van der Waals surface area contributed by atoms with Gasteiger partial charge in [0.1, 0.15) is 0 Å². The average molecular weight is 138 g/mol. The highest BCUT2D eigenvalue weighted by Gasteiger charge is 2.12. The van der Waals surface area contributed by atoms with E-state index in [9.17, 15) is 9.59 Å². The SMILES string of the molecule is O=CC(=O)CC1C=CCC1. The molecule has 2 nitrogen and oxygen atoms in total. The maximum Gasteiger partial charge on any atom is 0.195 e. The van der Waals surface area contributed by atoms with Gasteiger partial charge in [-0.1, -0.05) is 12.2 Å². The molecule has 0 saturated carbocycles. The summed E-state index contributed by atoms with van der Waals surface area (Å²) < 4.78 is 0. The molecule has 0 aliphatic heterocycles. The normalized spacial score (nSPS) is 23.0. The van der Waals surface area contributed by atoms with Gasteiger partial charge in [0.25, 0.3) is 0 Å². The Morgan fingerprint density at radius 2 is 2.50 bits per heavy atom. The number of hydrogen-bond acceptors (Lipinski definition) is 2. The fraction of sp³-hybridized carbons (Fsp3) is 0.500. The molecule has 0 radical (unpaired) electrons. The van der Waals surface area contributed by atoms with Crippen molar-refractivity contribution in [1.29, 1.82) is 0 Å². The fourth-order valence-electron chi connectivity index (χ4n) is 1.17. The number of allylic oxidation sites excluding steroid dienone is 2. The van der Waals surface area contributed by atoms with Crippen molar-refractivity contribution in [2.75, 3.05) is 0 Å². The van der Waals surface area contributed by atoms with Gasteiger partial charge >= 0.3 is 0 Å². The van der Waals surface area contributed by atoms with Crippen LogP contribution in [0.3, 0.4) is 0 Å². The molecule has 1 aliphatic rings. The topological polar surface area (TPSA) is 34.1 Å². The van der Waals surface area contributed by atoms with Crippen molar-refractivity contribution in [3.63, 3.8) is 0 Å². The van der Waals surface area contributed by atoms with E-state index in [1.54, 1.807) is 0 Å². The molecule has 0 aromatic heterocycles. The minimum Gasteiger partial charge on any atom is -0.295 e. The molecule has 0 aromatic rings. The number of carbonyl (C=O) groups is 2. The van der Waals surface area contributed by atoms with Crippen LogP contribution in [-0.4, -0.2) is 12.1 Å². The highest BCUT2D eigenvalue weighted by molar-refractivity contribution is 6.24. The molecule has 1 atom stereocenters. The molecule has 1 rings (SSSR count). The maximum atomic E-state index is 10.6. The number of Topliss-reactive ketones (excluding diaryl/α,β-unsaturated/α-hetero) is 1. The lowest BCUT2D eigenvalue weighted by atomic mass is 10.0. The summed E-state index contributed by atoms with van der Waals surface area (Å²) >= 11 is 0. The standard InChI is InChI=1S/C8H10O2/c9-6-8(10)5-7-3-1-2-4-7/h1,3,6-7H,2,4-5H2. The van der Waals surface area contributed by atoms with Crippen LogP contribution in [0, 0.1) is 5.92 Å². The Labute approximate surface area is 59.9 Å². The Morgan fingerprint density at radius 1 is 1.70 bits per heavy atom. The molecule has 0 fully saturated rings. The summed E-state index contributed by atoms with van der Waals surface area (Å²) in [7, 11) is 0. The average Bonchev–Trinajstić information content (AvgIpc) is 2.40. The number of rotatable bonds is 3. The maximum absolute atomic E-state index is 10.6. The van der Waals surface area contributed by atoms with E-state index < -0.39 is 0 Å². The van der Waals surface area contributed by atoms with E-state index in [0.29, 0.717) is 18.6 Å². The van der Waals surface area contributed by atoms with Gasteiger partial charge in [0.15, 0.2) is 12.1 Å². The smallest absolute Gasteiger partial charge is 0.195 e. The lowest BCUT2D eigenvalue weighted by Crippen LogP contribution is -2.04. The van der Waals surface area contributed by atoms with Crippen molar-refractivity contribution in [2.45, 2.75) is 19.3 Å². The zero-order valence-electron chi connectivity index (χ0n) is 5.75. The van der Waals surface area contributed by atoms with E-state index in [-0.39, 0.29) is 5.78 Å². The van der Waals surface area contributed by atoms with Crippen molar-refractivity contribution in [3.8, 4) is 0 Å². The highest BCUT2D eigenvalue weighted by Crippen LogP contribution is 2.19. The van der Waals surface area contributed by atoms with Crippen LogP contribution >= 0.6 is 0 Å². The van der Waals surface area contributed by atoms with Gasteiger partial charge in [-0.2, -0.15) is 0 Å². The first-order chi connectivity index (χ1) is 4.83. The van der Waals surface area contributed by atoms with E-state index in [2.05, 4.69) is 6.08 Å². The number of ketones is 1. The van der Waals surface area contributed by atoms with Crippen LogP contribution in [0.4, 0.5) is 0 Å². The van der Waals surface area contributed by atoms with E-state index in [4.69, 9.17) is 0 Å². The highest BCUT2D eigenvalue weighted by atomic mass is 16.2. The van der Waals surface area contributed by atoms with Crippen LogP contribution in [-0.2, 0) is 9.59 Å². The van der Waals surface area contributed by atoms with E-state index in [1.807, 2.05) is 6.08 Å². The van der Waals surface area contributed by atoms with E-state index in [0.717, 1.165) is 12.8 Å². The van der Waals surface area contributed by atoms with Crippen LogP contribution < -0.4 is 0 Å². The second-order valence-corrected chi connectivity index (χ2v) is 2.55. The minimum absolute atomic E-state index is 0.281. The zero-order chi connectivity index (χ0) is 7.40. The summed E-state index contributed by atoms with van der Waals surface area (Å²) in [5.74, 6) is 0.0502. The molecule has 1 unspecified atom stereocenters. The molecule has 54 valence electrons. The van der Waals surface area contributed by atoms with Crippen LogP contribution in [0.1, 0.15) is 19.3 Å². The minimum atomic E-state index is -0.281. The lowest BCUT2D eigenvalue weighted by molar-refractivity contribution is -0.130. The molecule has 1 aliphatic carbocycles. The van der Waals surface area contributed by atoms with Gasteiger partial charge in [0, 0.05) is 6.42 Å². The van der Waals surface area contributed by atoms with Crippen molar-refractivity contribution >= 4 is 12.1 Å².